The first-order valence-corrected chi connectivity index (χ1v) is 7.01. The Morgan fingerprint density at radius 1 is 1.42 bits per heavy atom. The summed E-state index contributed by atoms with van der Waals surface area (Å²) in [4.78, 5) is 11.6. The van der Waals surface area contributed by atoms with E-state index in [1.165, 1.54) is 30.2 Å². The van der Waals surface area contributed by atoms with Gasteiger partial charge in [-0.1, -0.05) is 28.2 Å². The Morgan fingerprint density at radius 3 is 2.95 bits per heavy atom. The molecule has 1 amide bonds. The number of rotatable bonds is 6. The van der Waals surface area contributed by atoms with E-state index in [9.17, 15) is 4.79 Å². The van der Waals surface area contributed by atoms with E-state index >= 15 is 0 Å². The van der Waals surface area contributed by atoms with Gasteiger partial charge in [-0.3, -0.25) is 10.1 Å². The smallest absolute Gasteiger partial charge is 0.322 e. The summed E-state index contributed by atoms with van der Waals surface area (Å²) in [7, 11) is 1.52. The van der Waals surface area contributed by atoms with E-state index in [2.05, 4.69) is 25.7 Å². The van der Waals surface area contributed by atoms with Gasteiger partial charge in [0.1, 0.15) is 11.6 Å². The molecule has 2 rings (SSSR count). The summed E-state index contributed by atoms with van der Waals surface area (Å²) in [5.41, 5.74) is 0. The van der Waals surface area contributed by atoms with Gasteiger partial charge in [0.2, 0.25) is 11.8 Å². The molecule has 0 aliphatic carbocycles. The second-order valence-electron chi connectivity index (χ2n) is 3.36. The molecule has 0 bridgehead atoms. The number of hydrogen-bond donors (Lipinski definition) is 1. The van der Waals surface area contributed by atoms with Gasteiger partial charge in [-0.15, -0.1) is 15.3 Å². The van der Waals surface area contributed by atoms with Crippen LogP contribution in [0, 0.1) is 6.92 Å². The Labute approximate surface area is 117 Å². The summed E-state index contributed by atoms with van der Waals surface area (Å²) < 4.78 is 10.7. The highest BCUT2D eigenvalue weighted by atomic mass is 32.2. The van der Waals surface area contributed by atoms with Gasteiger partial charge in [0.05, 0.1) is 5.75 Å². The molecule has 0 atom stereocenters. The zero-order valence-corrected chi connectivity index (χ0v) is 11.9. The number of aromatic nitrogens is 4. The van der Waals surface area contributed by atoms with Crippen LogP contribution in [0.4, 0.5) is 6.01 Å². The SMILES string of the molecule is COCc1nnc(NC(=O)CSc2nnc(C)s2)o1. The van der Waals surface area contributed by atoms with Gasteiger partial charge < -0.3 is 9.15 Å². The summed E-state index contributed by atoms with van der Waals surface area (Å²) in [5.74, 6) is 0.270. The third-order valence-corrected chi connectivity index (χ3v) is 3.79. The molecular weight excluding hydrogens is 290 g/mol. The van der Waals surface area contributed by atoms with Crippen LogP contribution in [-0.4, -0.2) is 39.2 Å². The van der Waals surface area contributed by atoms with Crippen LogP contribution in [0.5, 0.6) is 0 Å². The Kier molecular flexibility index (Phi) is 4.82. The summed E-state index contributed by atoms with van der Waals surface area (Å²) in [6, 6.07) is 0.0612. The molecule has 10 heteroatoms. The number of carbonyl (C=O) groups is 1. The van der Waals surface area contributed by atoms with Gasteiger partial charge >= 0.3 is 6.01 Å². The first-order chi connectivity index (χ1) is 9.17. The maximum atomic E-state index is 11.6. The zero-order chi connectivity index (χ0) is 13.7. The number of carbonyl (C=O) groups excluding carboxylic acids is 1. The molecule has 0 aliphatic heterocycles. The van der Waals surface area contributed by atoms with Crippen molar-refractivity contribution in [1.29, 1.82) is 0 Å². The fourth-order valence-electron chi connectivity index (χ4n) is 1.11. The lowest BCUT2D eigenvalue weighted by Gasteiger charge is -1.97. The number of aryl methyl sites for hydroxylation is 1. The van der Waals surface area contributed by atoms with Crippen LogP contribution in [0.25, 0.3) is 0 Å². The highest BCUT2D eigenvalue weighted by molar-refractivity contribution is 8.01. The number of anilines is 1. The highest BCUT2D eigenvalue weighted by Gasteiger charge is 2.11. The largest absolute Gasteiger partial charge is 0.405 e. The van der Waals surface area contributed by atoms with Crippen molar-refractivity contribution in [2.75, 3.05) is 18.2 Å². The van der Waals surface area contributed by atoms with Crippen molar-refractivity contribution >= 4 is 35.0 Å². The quantitative estimate of drug-likeness (QED) is 0.791. The number of nitrogens with one attached hydrogen (secondary N) is 1. The summed E-state index contributed by atoms with van der Waals surface area (Å²) in [5, 5.41) is 18.5. The van der Waals surface area contributed by atoms with Crippen LogP contribution in [0.1, 0.15) is 10.9 Å². The number of thioether (sulfide) groups is 1. The van der Waals surface area contributed by atoms with E-state index in [1.54, 1.807) is 0 Å². The van der Waals surface area contributed by atoms with Crippen molar-refractivity contribution in [3.05, 3.63) is 10.9 Å². The van der Waals surface area contributed by atoms with Crippen molar-refractivity contribution in [3.8, 4) is 0 Å². The Morgan fingerprint density at radius 2 is 2.26 bits per heavy atom. The third-order valence-electron chi connectivity index (χ3n) is 1.82. The van der Waals surface area contributed by atoms with Crippen LogP contribution < -0.4 is 5.32 Å². The van der Waals surface area contributed by atoms with E-state index in [0.717, 1.165) is 9.35 Å². The van der Waals surface area contributed by atoms with Crippen LogP contribution in [0.3, 0.4) is 0 Å². The van der Waals surface area contributed by atoms with E-state index in [1.807, 2.05) is 6.92 Å². The highest BCUT2D eigenvalue weighted by Crippen LogP contribution is 2.21. The molecule has 0 spiro atoms. The molecule has 8 nitrogen and oxygen atoms in total. The van der Waals surface area contributed by atoms with Gasteiger partial charge in [0.25, 0.3) is 0 Å². The van der Waals surface area contributed by atoms with E-state index in [4.69, 9.17) is 9.15 Å². The fourth-order valence-corrected chi connectivity index (χ4v) is 2.72. The van der Waals surface area contributed by atoms with Crippen LogP contribution in [-0.2, 0) is 16.1 Å². The molecule has 19 heavy (non-hydrogen) atoms. The van der Waals surface area contributed by atoms with Crippen molar-refractivity contribution in [1.82, 2.24) is 20.4 Å². The van der Waals surface area contributed by atoms with Crippen LogP contribution in [0.15, 0.2) is 8.76 Å². The molecule has 0 aromatic carbocycles. The Hall–Kier alpha value is -1.52. The van der Waals surface area contributed by atoms with Gasteiger partial charge in [0.15, 0.2) is 4.34 Å². The Balaban J connectivity index is 1.80. The minimum absolute atomic E-state index is 0.0612. The molecular formula is C9H11N5O3S2. The van der Waals surface area contributed by atoms with Crippen LogP contribution in [0.2, 0.25) is 0 Å². The molecule has 102 valence electrons. The lowest BCUT2D eigenvalue weighted by atomic mass is 10.7. The van der Waals surface area contributed by atoms with Gasteiger partial charge in [-0.2, -0.15) is 0 Å². The van der Waals surface area contributed by atoms with E-state index in [-0.39, 0.29) is 24.3 Å². The predicted molar refractivity (Wildman–Crippen MR) is 69.0 cm³/mol. The molecule has 1 N–H and O–H groups in total. The van der Waals surface area contributed by atoms with Crippen molar-refractivity contribution in [2.45, 2.75) is 17.9 Å². The minimum Gasteiger partial charge on any atom is -0.405 e. The Bertz CT molecular complexity index is 556. The summed E-state index contributed by atoms with van der Waals surface area (Å²) in [6.07, 6.45) is 0. The topological polar surface area (TPSA) is 103 Å². The maximum absolute atomic E-state index is 11.6. The zero-order valence-electron chi connectivity index (χ0n) is 10.2. The third kappa shape index (κ3) is 4.26. The molecule has 2 heterocycles. The van der Waals surface area contributed by atoms with Gasteiger partial charge in [-0.05, 0) is 6.92 Å². The normalized spacial score (nSPS) is 10.6. The summed E-state index contributed by atoms with van der Waals surface area (Å²) in [6.45, 7) is 2.07. The molecule has 2 aromatic heterocycles. The van der Waals surface area contributed by atoms with Gasteiger partial charge in [0, 0.05) is 7.11 Å². The fraction of sp³-hybridized carbons (Fsp3) is 0.444. The number of nitrogens with zero attached hydrogens (tertiary/aromatic N) is 4. The lowest BCUT2D eigenvalue weighted by Crippen LogP contribution is -2.14. The molecule has 0 saturated heterocycles. The second kappa shape index (κ2) is 6.59. The average Bonchev–Trinajstić information content (AvgIpc) is 2.97. The van der Waals surface area contributed by atoms with Gasteiger partial charge in [-0.25, -0.2) is 0 Å². The molecule has 2 aromatic rings. The maximum Gasteiger partial charge on any atom is 0.322 e. The first kappa shape index (κ1) is 13.9. The van der Waals surface area contributed by atoms with Crippen molar-refractivity contribution in [2.24, 2.45) is 0 Å². The number of amides is 1. The number of methoxy groups -OCH3 is 1. The molecule has 0 fully saturated rings. The molecule has 0 unspecified atom stereocenters. The standard InChI is InChI=1S/C9H11N5O3S2/c1-5-11-14-9(19-5)18-4-6(15)10-8-13-12-7(17-8)3-16-2/h3-4H2,1-2H3,(H,10,13,15). The minimum atomic E-state index is -0.245. The first-order valence-electron chi connectivity index (χ1n) is 5.21. The van der Waals surface area contributed by atoms with Crippen LogP contribution >= 0.6 is 23.1 Å². The molecule has 0 saturated carbocycles. The number of ether oxygens (including phenoxy) is 1. The van der Waals surface area contributed by atoms with E-state index < -0.39 is 0 Å². The second-order valence-corrected chi connectivity index (χ2v) is 5.76. The lowest BCUT2D eigenvalue weighted by molar-refractivity contribution is -0.113. The molecule has 0 aliphatic rings. The average molecular weight is 301 g/mol. The van der Waals surface area contributed by atoms with Crippen molar-refractivity contribution in [3.63, 3.8) is 0 Å². The molecule has 0 radical (unpaired) electrons. The predicted octanol–water partition coefficient (Wildman–Crippen LogP) is 1.11. The van der Waals surface area contributed by atoms with E-state index in [0.29, 0.717) is 5.89 Å². The number of hydrogen-bond acceptors (Lipinski definition) is 9. The van der Waals surface area contributed by atoms with Crippen molar-refractivity contribution < 1.29 is 13.9 Å². The monoisotopic (exact) mass is 301 g/mol. The summed E-state index contributed by atoms with van der Waals surface area (Å²) >= 11 is 2.74.